The highest BCUT2D eigenvalue weighted by molar-refractivity contribution is 5.94. The van der Waals surface area contributed by atoms with Gasteiger partial charge in [-0.2, -0.15) is 0 Å². The molecule has 0 fully saturated rings. The zero-order chi connectivity index (χ0) is 18.0. The Morgan fingerprint density at radius 1 is 1.20 bits per heavy atom. The molecule has 2 heterocycles. The van der Waals surface area contributed by atoms with E-state index in [4.69, 9.17) is 4.74 Å². The van der Waals surface area contributed by atoms with Gasteiger partial charge in [0.2, 0.25) is 5.43 Å². The summed E-state index contributed by atoms with van der Waals surface area (Å²) in [6, 6.07) is 6.43. The SMILES string of the molecule is CCCn1cc(C(=O)OCC)c(=O)c2cc(F)c(-n3cccc3)cc21. The Bertz CT molecular complexity index is 974. The molecule has 0 atom stereocenters. The molecule has 3 aromatic rings. The van der Waals surface area contributed by atoms with E-state index in [0.29, 0.717) is 17.7 Å². The first-order chi connectivity index (χ1) is 12.1. The van der Waals surface area contributed by atoms with Crippen LogP contribution < -0.4 is 5.43 Å². The first-order valence-corrected chi connectivity index (χ1v) is 8.24. The predicted molar refractivity (Wildman–Crippen MR) is 93.7 cm³/mol. The number of aromatic nitrogens is 2. The minimum Gasteiger partial charge on any atom is -0.462 e. The highest BCUT2D eigenvalue weighted by Crippen LogP contribution is 2.22. The van der Waals surface area contributed by atoms with Gasteiger partial charge in [0.25, 0.3) is 0 Å². The average Bonchev–Trinajstić information content (AvgIpc) is 3.11. The highest BCUT2D eigenvalue weighted by Gasteiger charge is 2.18. The van der Waals surface area contributed by atoms with Gasteiger partial charge in [-0.3, -0.25) is 4.79 Å². The number of rotatable bonds is 5. The Labute approximate surface area is 144 Å². The van der Waals surface area contributed by atoms with Crippen LogP contribution in [0.1, 0.15) is 30.6 Å². The summed E-state index contributed by atoms with van der Waals surface area (Å²) in [6.45, 7) is 4.43. The van der Waals surface area contributed by atoms with E-state index in [1.54, 1.807) is 46.7 Å². The van der Waals surface area contributed by atoms with Crippen LogP contribution in [-0.2, 0) is 11.3 Å². The van der Waals surface area contributed by atoms with E-state index in [0.717, 1.165) is 6.42 Å². The smallest absolute Gasteiger partial charge is 0.343 e. The first kappa shape index (κ1) is 17.0. The summed E-state index contributed by atoms with van der Waals surface area (Å²) < 4.78 is 23.0. The number of fused-ring (bicyclic) bond motifs is 1. The van der Waals surface area contributed by atoms with Crippen molar-refractivity contribution in [1.29, 1.82) is 0 Å². The van der Waals surface area contributed by atoms with E-state index in [9.17, 15) is 14.0 Å². The predicted octanol–water partition coefficient (Wildman–Crippen LogP) is 3.52. The van der Waals surface area contributed by atoms with Crippen molar-refractivity contribution in [2.24, 2.45) is 0 Å². The van der Waals surface area contributed by atoms with E-state index in [2.05, 4.69) is 0 Å². The van der Waals surface area contributed by atoms with Crippen LogP contribution in [0.4, 0.5) is 4.39 Å². The molecule has 0 saturated heterocycles. The van der Waals surface area contributed by atoms with Gasteiger partial charge in [0.1, 0.15) is 11.4 Å². The molecule has 6 heteroatoms. The number of nitrogens with zero attached hydrogens (tertiary/aromatic N) is 2. The number of benzene rings is 1. The number of pyridine rings is 1. The molecule has 1 aromatic carbocycles. The molecule has 0 amide bonds. The number of halogens is 1. The van der Waals surface area contributed by atoms with Crippen LogP contribution in [0.5, 0.6) is 0 Å². The van der Waals surface area contributed by atoms with E-state index < -0.39 is 17.2 Å². The molecule has 25 heavy (non-hydrogen) atoms. The Hall–Kier alpha value is -2.89. The molecule has 0 aliphatic heterocycles. The van der Waals surface area contributed by atoms with E-state index in [1.807, 2.05) is 6.92 Å². The van der Waals surface area contributed by atoms with Crippen LogP contribution in [0.25, 0.3) is 16.6 Å². The number of ether oxygens (including phenoxy) is 1. The minimum absolute atomic E-state index is 0.0732. The van der Waals surface area contributed by atoms with Crippen LogP contribution in [0.15, 0.2) is 47.7 Å². The van der Waals surface area contributed by atoms with Crippen molar-refractivity contribution in [3.05, 3.63) is 64.5 Å². The molecule has 0 bridgehead atoms. The second-order valence-corrected chi connectivity index (χ2v) is 5.70. The topological polar surface area (TPSA) is 53.2 Å². The largest absolute Gasteiger partial charge is 0.462 e. The second kappa shape index (κ2) is 6.93. The lowest BCUT2D eigenvalue weighted by atomic mass is 10.1. The van der Waals surface area contributed by atoms with Gasteiger partial charge in [-0.1, -0.05) is 6.92 Å². The molecule has 3 rings (SSSR count). The minimum atomic E-state index is -0.686. The number of carbonyl (C=O) groups is 1. The van der Waals surface area contributed by atoms with Gasteiger partial charge in [-0.25, -0.2) is 9.18 Å². The van der Waals surface area contributed by atoms with Crippen molar-refractivity contribution in [2.45, 2.75) is 26.8 Å². The molecule has 0 saturated carbocycles. The van der Waals surface area contributed by atoms with Crippen molar-refractivity contribution in [3.63, 3.8) is 0 Å². The quantitative estimate of drug-likeness (QED) is 0.667. The molecular weight excluding hydrogens is 323 g/mol. The molecular formula is C19H19FN2O3. The van der Waals surface area contributed by atoms with Crippen LogP contribution in [0.3, 0.4) is 0 Å². The summed E-state index contributed by atoms with van der Waals surface area (Å²) >= 11 is 0. The van der Waals surface area contributed by atoms with E-state index in [1.165, 1.54) is 12.3 Å². The lowest BCUT2D eigenvalue weighted by Gasteiger charge is -2.14. The molecule has 0 aliphatic rings. The van der Waals surface area contributed by atoms with E-state index >= 15 is 0 Å². The van der Waals surface area contributed by atoms with Crippen molar-refractivity contribution in [3.8, 4) is 5.69 Å². The maximum atomic E-state index is 14.6. The Kier molecular flexibility index (Phi) is 4.70. The molecule has 2 aromatic heterocycles. The third-order valence-electron chi connectivity index (χ3n) is 3.99. The fraction of sp³-hybridized carbons (Fsp3) is 0.263. The summed E-state index contributed by atoms with van der Waals surface area (Å²) in [7, 11) is 0. The van der Waals surface area contributed by atoms with Crippen molar-refractivity contribution < 1.29 is 13.9 Å². The van der Waals surface area contributed by atoms with Gasteiger partial charge < -0.3 is 13.9 Å². The average molecular weight is 342 g/mol. The lowest BCUT2D eigenvalue weighted by molar-refractivity contribution is 0.0524. The van der Waals surface area contributed by atoms with E-state index in [-0.39, 0.29) is 17.6 Å². The normalized spacial score (nSPS) is 11.0. The summed E-state index contributed by atoms with van der Waals surface area (Å²) in [5, 5.41) is 0.174. The number of hydrogen-bond donors (Lipinski definition) is 0. The standard InChI is InChI=1S/C19H19FN2O3/c1-3-7-22-12-14(19(24)25-4-2)18(23)13-10-15(20)17(11-16(13)22)21-8-5-6-9-21/h5-6,8-12H,3-4,7H2,1-2H3. The Balaban J connectivity index is 2.30. The molecule has 130 valence electrons. The summed E-state index contributed by atoms with van der Waals surface area (Å²) in [4.78, 5) is 24.7. The zero-order valence-corrected chi connectivity index (χ0v) is 14.2. The molecule has 0 radical (unpaired) electrons. The van der Waals surface area contributed by atoms with Crippen molar-refractivity contribution in [1.82, 2.24) is 9.13 Å². The maximum Gasteiger partial charge on any atom is 0.343 e. The van der Waals surface area contributed by atoms with Crippen molar-refractivity contribution in [2.75, 3.05) is 6.61 Å². The molecule has 0 aliphatic carbocycles. The summed E-state index contributed by atoms with van der Waals surface area (Å²) in [5.41, 5.74) is 0.352. The van der Waals surface area contributed by atoms with Gasteiger partial charge in [-0.05, 0) is 37.6 Å². The monoisotopic (exact) mass is 342 g/mol. The summed E-state index contributed by atoms with van der Waals surface area (Å²) in [6.07, 6.45) is 5.78. The summed E-state index contributed by atoms with van der Waals surface area (Å²) in [5.74, 6) is -1.21. The number of hydrogen-bond acceptors (Lipinski definition) is 3. The third kappa shape index (κ3) is 3.07. The molecule has 5 nitrogen and oxygen atoms in total. The van der Waals surface area contributed by atoms with Gasteiger partial charge >= 0.3 is 5.97 Å². The van der Waals surface area contributed by atoms with Crippen LogP contribution in [0.2, 0.25) is 0 Å². The highest BCUT2D eigenvalue weighted by atomic mass is 19.1. The van der Waals surface area contributed by atoms with Crippen LogP contribution >= 0.6 is 0 Å². The van der Waals surface area contributed by atoms with Crippen LogP contribution in [-0.4, -0.2) is 21.7 Å². The zero-order valence-electron chi connectivity index (χ0n) is 14.2. The van der Waals surface area contributed by atoms with Gasteiger partial charge in [-0.15, -0.1) is 0 Å². The maximum absolute atomic E-state index is 14.6. The lowest BCUT2D eigenvalue weighted by Crippen LogP contribution is -2.21. The fourth-order valence-corrected chi connectivity index (χ4v) is 2.87. The fourth-order valence-electron chi connectivity index (χ4n) is 2.87. The Morgan fingerprint density at radius 2 is 1.92 bits per heavy atom. The second-order valence-electron chi connectivity index (χ2n) is 5.70. The Morgan fingerprint density at radius 3 is 2.56 bits per heavy atom. The number of aryl methyl sites for hydroxylation is 1. The van der Waals surface area contributed by atoms with Gasteiger partial charge in [0.15, 0.2) is 0 Å². The molecule has 0 spiro atoms. The molecule has 0 unspecified atom stereocenters. The number of carbonyl (C=O) groups excluding carboxylic acids is 1. The molecule has 0 N–H and O–H groups in total. The first-order valence-electron chi connectivity index (χ1n) is 8.24. The third-order valence-corrected chi connectivity index (χ3v) is 3.99. The van der Waals surface area contributed by atoms with Crippen LogP contribution in [0, 0.1) is 5.82 Å². The van der Waals surface area contributed by atoms with Gasteiger partial charge in [0.05, 0.1) is 17.8 Å². The van der Waals surface area contributed by atoms with Gasteiger partial charge in [0, 0.05) is 30.5 Å². The number of esters is 1. The van der Waals surface area contributed by atoms with Crippen molar-refractivity contribution >= 4 is 16.9 Å².